The van der Waals surface area contributed by atoms with E-state index in [9.17, 15) is 4.79 Å². The summed E-state index contributed by atoms with van der Waals surface area (Å²) in [6.07, 6.45) is 2.72. The highest BCUT2D eigenvalue weighted by atomic mass is 16.2. The molecule has 0 unspecified atom stereocenters. The Bertz CT molecular complexity index is 273. The lowest BCUT2D eigenvalue weighted by Gasteiger charge is -1.98. The summed E-state index contributed by atoms with van der Waals surface area (Å²) in [5, 5.41) is 2.23. The van der Waals surface area contributed by atoms with Crippen LogP contribution in [0.4, 0.5) is 16.4 Å². The molecule has 1 rings (SSSR count). The van der Waals surface area contributed by atoms with E-state index in [0.717, 1.165) is 0 Å². The van der Waals surface area contributed by atoms with Gasteiger partial charge < -0.3 is 11.5 Å². The van der Waals surface area contributed by atoms with Gasteiger partial charge in [0.2, 0.25) is 0 Å². The second kappa shape index (κ2) is 2.82. The molecule has 1 aromatic heterocycles. The summed E-state index contributed by atoms with van der Waals surface area (Å²) < 4.78 is 0. The van der Waals surface area contributed by atoms with E-state index in [0.29, 0.717) is 0 Å². The molecule has 58 valence electrons. The van der Waals surface area contributed by atoms with Gasteiger partial charge in [0.25, 0.3) is 0 Å². The SMILES string of the molecule is NC(=O)Nc1cncc(N)n1. The third-order valence-electron chi connectivity index (χ3n) is 0.904. The molecule has 0 spiro atoms. The highest BCUT2D eigenvalue weighted by molar-refractivity contribution is 5.86. The van der Waals surface area contributed by atoms with Crippen molar-refractivity contribution in [1.82, 2.24) is 9.97 Å². The van der Waals surface area contributed by atoms with E-state index in [-0.39, 0.29) is 11.6 Å². The Balaban J connectivity index is 2.79. The van der Waals surface area contributed by atoms with E-state index in [1.807, 2.05) is 0 Å². The van der Waals surface area contributed by atoms with Gasteiger partial charge in [-0.25, -0.2) is 9.78 Å². The summed E-state index contributed by atoms with van der Waals surface area (Å²) in [4.78, 5) is 17.7. The van der Waals surface area contributed by atoms with Crippen LogP contribution in [0.2, 0.25) is 0 Å². The summed E-state index contributed by atoms with van der Waals surface area (Å²) in [5.41, 5.74) is 10.1. The van der Waals surface area contributed by atoms with Gasteiger partial charge in [0, 0.05) is 0 Å². The van der Waals surface area contributed by atoms with Crippen LogP contribution in [0.5, 0.6) is 0 Å². The van der Waals surface area contributed by atoms with Gasteiger partial charge in [-0.05, 0) is 0 Å². The van der Waals surface area contributed by atoms with E-state index < -0.39 is 6.03 Å². The number of nitrogen functional groups attached to an aromatic ring is 1. The molecule has 0 aliphatic carbocycles. The molecule has 11 heavy (non-hydrogen) atoms. The summed E-state index contributed by atoms with van der Waals surface area (Å²) in [6, 6.07) is -0.690. The second-order valence-corrected chi connectivity index (χ2v) is 1.82. The van der Waals surface area contributed by atoms with Gasteiger partial charge in [0.15, 0.2) is 5.82 Å². The first kappa shape index (κ1) is 7.26. The van der Waals surface area contributed by atoms with Crippen LogP contribution in [0.1, 0.15) is 0 Å². The lowest BCUT2D eigenvalue weighted by atomic mass is 10.6. The van der Waals surface area contributed by atoms with Gasteiger partial charge in [0.1, 0.15) is 5.82 Å². The first-order chi connectivity index (χ1) is 5.18. The Hall–Kier alpha value is -1.85. The van der Waals surface area contributed by atoms with Crippen LogP contribution in [0.3, 0.4) is 0 Å². The van der Waals surface area contributed by atoms with Gasteiger partial charge in [0.05, 0.1) is 12.4 Å². The number of carbonyl (C=O) groups excluding carboxylic acids is 1. The average Bonchev–Trinajstić information content (AvgIpc) is 1.85. The maximum absolute atomic E-state index is 10.3. The van der Waals surface area contributed by atoms with Crippen LogP contribution in [0.25, 0.3) is 0 Å². The van der Waals surface area contributed by atoms with Crippen molar-refractivity contribution in [3.63, 3.8) is 0 Å². The number of primary amides is 1. The zero-order chi connectivity index (χ0) is 8.27. The lowest BCUT2D eigenvalue weighted by molar-refractivity contribution is 0.259. The number of nitrogens with one attached hydrogen (secondary N) is 1. The number of nitrogens with two attached hydrogens (primary N) is 2. The number of amides is 2. The van der Waals surface area contributed by atoms with E-state index in [2.05, 4.69) is 15.3 Å². The summed E-state index contributed by atoms with van der Waals surface area (Å²) in [6.45, 7) is 0. The molecule has 0 saturated carbocycles. The quantitative estimate of drug-likeness (QED) is 0.507. The summed E-state index contributed by atoms with van der Waals surface area (Å²) in [5.74, 6) is 0.480. The van der Waals surface area contributed by atoms with Gasteiger partial charge in [-0.1, -0.05) is 0 Å². The van der Waals surface area contributed by atoms with Gasteiger partial charge in [-0.2, -0.15) is 0 Å². The predicted octanol–water partition coefficient (Wildman–Crippen LogP) is -0.451. The van der Waals surface area contributed by atoms with Crippen molar-refractivity contribution in [1.29, 1.82) is 0 Å². The molecular weight excluding hydrogens is 146 g/mol. The number of hydrogen-bond acceptors (Lipinski definition) is 4. The zero-order valence-electron chi connectivity index (χ0n) is 5.61. The Morgan fingerprint density at radius 1 is 1.55 bits per heavy atom. The monoisotopic (exact) mass is 153 g/mol. The first-order valence-corrected chi connectivity index (χ1v) is 2.82. The molecule has 0 aliphatic heterocycles. The molecule has 0 bridgehead atoms. The molecule has 0 atom stereocenters. The minimum atomic E-state index is -0.690. The Morgan fingerprint density at radius 2 is 2.27 bits per heavy atom. The molecule has 1 aromatic rings. The van der Waals surface area contributed by atoms with Gasteiger partial charge in [-0.15, -0.1) is 0 Å². The minimum absolute atomic E-state index is 0.233. The molecule has 0 fully saturated rings. The number of urea groups is 1. The summed E-state index contributed by atoms with van der Waals surface area (Å²) in [7, 11) is 0. The van der Waals surface area contributed by atoms with Crippen molar-refractivity contribution in [2.45, 2.75) is 0 Å². The maximum atomic E-state index is 10.3. The number of nitrogens with zero attached hydrogens (tertiary/aromatic N) is 2. The predicted molar refractivity (Wildman–Crippen MR) is 39.7 cm³/mol. The first-order valence-electron chi connectivity index (χ1n) is 2.82. The number of carbonyl (C=O) groups is 1. The normalized spacial score (nSPS) is 9.09. The van der Waals surface area contributed by atoms with Crippen molar-refractivity contribution in [3.05, 3.63) is 12.4 Å². The molecule has 6 heteroatoms. The molecule has 5 N–H and O–H groups in total. The zero-order valence-corrected chi connectivity index (χ0v) is 5.61. The van der Waals surface area contributed by atoms with Crippen molar-refractivity contribution in [3.8, 4) is 0 Å². The molecule has 0 aromatic carbocycles. The van der Waals surface area contributed by atoms with Crippen LogP contribution in [0, 0.1) is 0 Å². The molecular formula is C5H7N5O. The van der Waals surface area contributed by atoms with E-state index in [1.165, 1.54) is 12.4 Å². The lowest BCUT2D eigenvalue weighted by Crippen LogP contribution is -2.20. The largest absolute Gasteiger partial charge is 0.382 e. The molecule has 0 saturated heterocycles. The average molecular weight is 153 g/mol. The third-order valence-corrected chi connectivity index (χ3v) is 0.904. The van der Waals surface area contributed by atoms with Crippen molar-refractivity contribution in [2.75, 3.05) is 11.1 Å². The number of anilines is 2. The fourth-order valence-electron chi connectivity index (χ4n) is 0.568. The Labute approximate surface area is 62.6 Å². The molecule has 1 heterocycles. The van der Waals surface area contributed by atoms with Crippen LogP contribution in [-0.2, 0) is 0 Å². The summed E-state index contributed by atoms with van der Waals surface area (Å²) >= 11 is 0. The molecule has 6 nitrogen and oxygen atoms in total. The van der Waals surface area contributed by atoms with E-state index >= 15 is 0 Å². The van der Waals surface area contributed by atoms with Crippen LogP contribution in [0.15, 0.2) is 12.4 Å². The van der Waals surface area contributed by atoms with Gasteiger partial charge in [-0.3, -0.25) is 10.3 Å². The molecule has 0 radical (unpaired) electrons. The Morgan fingerprint density at radius 3 is 2.82 bits per heavy atom. The third kappa shape index (κ3) is 2.09. The van der Waals surface area contributed by atoms with E-state index in [1.54, 1.807) is 0 Å². The van der Waals surface area contributed by atoms with Crippen LogP contribution in [-0.4, -0.2) is 16.0 Å². The highest BCUT2D eigenvalue weighted by Crippen LogP contribution is 2.01. The fourth-order valence-corrected chi connectivity index (χ4v) is 0.568. The van der Waals surface area contributed by atoms with Crippen molar-refractivity contribution < 1.29 is 4.79 Å². The van der Waals surface area contributed by atoms with Crippen LogP contribution >= 0.6 is 0 Å². The smallest absolute Gasteiger partial charge is 0.317 e. The molecule has 0 aliphatic rings. The molecule has 2 amide bonds. The number of rotatable bonds is 1. The van der Waals surface area contributed by atoms with Crippen molar-refractivity contribution >= 4 is 17.7 Å². The topological polar surface area (TPSA) is 107 Å². The Kier molecular flexibility index (Phi) is 1.86. The second-order valence-electron chi connectivity index (χ2n) is 1.82. The highest BCUT2D eigenvalue weighted by Gasteiger charge is 1.96. The standard InChI is InChI=1S/C5H7N5O/c6-3-1-8-2-4(9-3)10-5(7)11/h1-2H,(H5,6,7,9,10,11). The van der Waals surface area contributed by atoms with Crippen LogP contribution < -0.4 is 16.8 Å². The van der Waals surface area contributed by atoms with Gasteiger partial charge >= 0.3 is 6.03 Å². The van der Waals surface area contributed by atoms with Crippen molar-refractivity contribution in [2.24, 2.45) is 5.73 Å². The fraction of sp³-hybridized carbons (Fsp3) is 0. The maximum Gasteiger partial charge on any atom is 0.317 e. The number of aromatic nitrogens is 2. The number of hydrogen-bond donors (Lipinski definition) is 3. The van der Waals surface area contributed by atoms with E-state index in [4.69, 9.17) is 11.5 Å². The minimum Gasteiger partial charge on any atom is -0.382 e.